The number of nitrogens with zero attached hydrogens (tertiary/aromatic N) is 2. The Labute approximate surface area is 204 Å². The average Bonchev–Trinajstić information content (AvgIpc) is 3.53. The lowest BCUT2D eigenvalue weighted by atomic mass is 10.1. The highest BCUT2D eigenvalue weighted by atomic mass is 32.2. The van der Waals surface area contributed by atoms with E-state index in [9.17, 15) is 9.59 Å². The van der Waals surface area contributed by atoms with Crippen LogP contribution >= 0.6 is 23.1 Å². The largest absolute Gasteiger partial charge is 0.360 e. The van der Waals surface area contributed by atoms with Crippen molar-refractivity contribution in [3.63, 3.8) is 0 Å². The van der Waals surface area contributed by atoms with Gasteiger partial charge in [-0.05, 0) is 61.9 Å². The number of H-pyrrole nitrogens is 1. The first-order valence-corrected chi connectivity index (χ1v) is 13.2. The lowest BCUT2D eigenvalue weighted by molar-refractivity contribution is 0.102. The number of carbonyl (C=O) groups excluding carboxylic acids is 1. The molecular formula is C27H23N3O2S2. The lowest BCUT2D eigenvalue weighted by Crippen LogP contribution is -2.23. The molecule has 7 heteroatoms. The number of thiophene rings is 1. The number of benzene rings is 2. The minimum atomic E-state index is -0.0276. The van der Waals surface area contributed by atoms with Crippen molar-refractivity contribution in [3.05, 3.63) is 86.1 Å². The fourth-order valence-electron chi connectivity index (χ4n) is 4.80. The number of rotatable bonds is 5. The van der Waals surface area contributed by atoms with Gasteiger partial charge in [0.05, 0.1) is 16.8 Å². The minimum Gasteiger partial charge on any atom is -0.360 e. The molecule has 1 aliphatic carbocycles. The van der Waals surface area contributed by atoms with Gasteiger partial charge in [0, 0.05) is 27.5 Å². The summed E-state index contributed by atoms with van der Waals surface area (Å²) in [6.45, 7) is 4.03. The number of aryl methyl sites for hydroxylation is 4. The Kier molecular flexibility index (Phi) is 5.19. The Hall–Kier alpha value is -3.16. The van der Waals surface area contributed by atoms with Crippen molar-refractivity contribution < 1.29 is 4.79 Å². The van der Waals surface area contributed by atoms with Gasteiger partial charge in [-0.25, -0.2) is 4.98 Å². The quantitative estimate of drug-likeness (QED) is 0.188. The Morgan fingerprint density at radius 1 is 1.18 bits per heavy atom. The van der Waals surface area contributed by atoms with Crippen molar-refractivity contribution in [1.29, 1.82) is 0 Å². The van der Waals surface area contributed by atoms with Gasteiger partial charge in [0.25, 0.3) is 5.56 Å². The third-order valence-electron chi connectivity index (χ3n) is 6.54. The molecule has 170 valence electrons. The number of para-hydroxylation sites is 1. The van der Waals surface area contributed by atoms with Crippen molar-refractivity contribution in [3.8, 4) is 5.69 Å². The highest BCUT2D eigenvalue weighted by Crippen LogP contribution is 2.36. The zero-order valence-electron chi connectivity index (χ0n) is 19.0. The van der Waals surface area contributed by atoms with Gasteiger partial charge in [0.1, 0.15) is 4.83 Å². The summed E-state index contributed by atoms with van der Waals surface area (Å²) < 4.78 is 1.73. The van der Waals surface area contributed by atoms with Crippen LogP contribution in [-0.2, 0) is 12.8 Å². The molecule has 34 heavy (non-hydrogen) atoms. The maximum atomic E-state index is 13.9. The molecule has 3 heterocycles. The summed E-state index contributed by atoms with van der Waals surface area (Å²) in [7, 11) is 0. The normalized spacial score (nSPS) is 13.1. The van der Waals surface area contributed by atoms with E-state index < -0.39 is 0 Å². The highest BCUT2D eigenvalue weighted by molar-refractivity contribution is 7.99. The van der Waals surface area contributed by atoms with Crippen LogP contribution in [0.25, 0.3) is 26.8 Å². The van der Waals surface area contributed by atoms with Crippen LogP contribution in [0.1, 0.15) is 38.3 Å². The fraction of sp³-hybridized carbons (Fsp3) is 0.222. The second-order valence-electron chi connectivity index (χ2n) is 8.82. The number of nitrogens with one attached hydrogen (secondary N) is 1. The number of fused-ring (bicyclic) bond motifs is 4. The van der Waals surface area contributed by atoms with Gasteiger partial charge in [-0.3, -0.25) is 14.2 Å². The van der Waals surface area contributed by atoms with Crippen LogP contribution in [0.2, 0.25) is 0 Å². The van der Waals surface area contributed by atoms with Crippen molar-refractivity contribution in [2.75, 3.05) is 5.75 Å². The summed E-state index contributed by atoms with van der Waals surface area (Å²) in [6.07, 6.45) is 4.81. The molecule has 0 spiro atoms. The SMILES string of the molecule is Cc1ccc(C)c(-n2c(SCC(=O)c3c[nH]c4ccccc34)nc3sc4c(c3c2=O)CCC4)c1. The molecule has 0 amide bonds. The predicted octanol–water partition coefficient (Wildman–Crippen LogP) is 6.01. The fourth-order valence-corrected chi connectivity index (χ4v) is 7.00. The van der Waals surface area contributed by atoms with Gasteiger partial charge in [0.15, 0.2) is 10.9 Å². The lowest BCUT2D eigenvalue weighted by Gasteiger charge is -2.15. The minimum absolute atomic E-state index is 0.0120. The first-order chi connectivity index (χ1) is 16.5. The summed E-state index contributed by atoms with van der Waals surface area (Å²) in [6, 6.07) is 13.9. The van der Waals surface area contributed by atoms with Crippen LogP contribution in [0.15, 0.2) is 58.6 Å². The van der Waals surface area contributed by atoms with Crippen molar-refractivity contribution in [1.82, 2.24) is 14.5 Å². The van der Waals surface area contributed by atoms with E-state index >= 15 is 0 Å². The summed E-state index contributed by atoms with van der Waals surface area (Å²) in [5.41, 5.74) is 5.66. The van der Waals surface area contributed by atoms with Crippen molar-refractivity contribution >= 4 is 50.0 Å². The molecule has 0 bridgehead atoms. The van der Waals surface area contributed by atoms with Crippen molar-refractivity contribution in [2.24, 2.45) is 0 Å². The molecule has 6 rings (SSSR count). The van der Waals surface area contributed by atoms with Crippen LogP contribution in [0, 0.1) is 13.8 Å². The highest BCUT2D eigenvalue weighted by Gasteiger charge is 2.25. The molecule has 0 fully saturated rings. The first kappa shape index (κ1) is 21.4. The molecule has 1 N–H and O–H groups in total. The van der Waals surface area contributed by atoms with Gasteiger partial charge < -0.3 is 4.98 Å². The first-order valence-electron chi connectivity index (χ1n) is 11.4. The number of Topliss-reactive ketones (excluding diaryl/α,β-unsaturated/α-hetero) is 1. The van der Waals surface area contributed by atoms with Gasteiger partial charge >= 0.3 is 0 Å². The molecular weight excluding hydrogens is 462 g/mol. The van der Waals surface area contributed by atoms with Gasteiger partial charge in [-0.1, -0.05) is 42.1 Å². The van der Waals surface area contributed by atoms with Gasteiger partial charge in [-0.15, -0.1) is 11.3 Å². The van der Waals surface area contributed by atoms with Crippen LogP contribution in [0.4, 0.5) is 0 Å². The number of hydrogen-bond acceptors (Lipinski definition) is 5. The molecule has 0 saturated heterocycles. The van der Waals surface area contributed by atoms with Crippen LogP contribution in [0.5, 0.6) is 0 Å². The zero-order valence-corrected chi connectivity index (χ0v) is 20.6. The number of carbonyl (C=O) groups is 1. The van der Waals surface area contributed by atoms with E-state index in [-0.39, 0.29) is 17.1 Å². The zero-order chi connectivity index (χ0) is 23.4. The average molecular weight is 486 g/mol. The maximum Gasteiger partial charge on any atom is 0.267 e. The number of thioether (sulfide) groups is 1. The molecule has 0 aliphatic heterocycles. The van der Waals surface area contributed by atoms with E-state index in [1.165, 1.54) is 22.2 Å². The molecule has 0 radical (unpaired) electrons. The second kappa shape index (κ2) is 8.25. The summed E-state index contributed by atoms with van der Waals surface area (Å²) in [4.78, 5) is 37.3. The van der Waals surface area contributed by atoms with Crippen LogP contribution < -0.4 is 5.56 Å². The molecule has 2 aromatic carbocycles. The second-order valence-corrected chi connectivity index (χ2v) is 10.8. The number of ketones is 1. The molecule has 0 saturated carbocycles. The Bertz CT molecular complexity index is 1660. The number of aromatic amines is 1. The molecule has 0 unspecified atom stereocenters. The Balaban J connectivity index is 1.46. The number of aromatic nitrogens is 3. The standard InChI is InChI=1S/C27H23N3O2S2/c1-15-10-11-16(2)21(12-15)30-26(32)24-18-7-5-9-23(18)34-25(24)29-27(30)33-14-22(31)19-13-28-20-8-4-3-6-17(19)20/h3-4,6,8,10-13,28H,5,7,9,14H2,1-2H3. The molecule has 3 aromatic heterocycles. The van der Waals surface area contributed by atoms with Crippen LogP contribution in [0.3, 0.4) is 0 Å². The molecule has 5 aromatic rings. The van der Waals surface area contributed by atoms with E-state index in [0.717, 1.165) is 57.2 Å². The Morgan fingerprint density at radius 3 is 2.91 bits per heavy atom. The van der Waals surface area contributed by atoms with Crippen LogP contribution in [-0.4, -0.2) is 26.1 Å². The topological polar surface area (TPSA) is 67.8 Å². The smallest absolute Gasteiger partial charge is 0.267 e. The monoisotopic (exact) mass is 485 g/mol. The van der Waals surface area contributed by atoms with E-state index in [1.807, 2.05) is 56.3 Å². The summed E-state index contributed by atoms with van der Waals surface area (Å²) >= 11 is 2.97. The third-order valence-corrected chi connectivity index (χ3v) is 8.66. The van der Waals surface area contributed by atoms with Gasteiger partial charge in [0.2, 0.25) is 0 Å². The van der Waals surface area contributed by atoms with E-state index in [2.05, 4.69) is 4.98 Å². The third kappa shape index (κ3) is 3.42. The summed E-state index contributed by atoms with van der Waals surface area (Å²) in [5, 5.41) is 2.24. The van der Waals surface area contributed by atoms with Gasteiger partial charge in [-0.2, -0.15) is 0 Å². The molecule has 5 nitrogen and oxygen atoms in total. The predicted molar refractivity (Wildman–Crippen MR) is 140 cm³/mol. The van der Waals surface area contributed by atoms with E-state index in [1.54, 1.807) is 22.1 Å². The van der Waals surface area contributed by atoms with E-state index in [0.29, 0.717) is 10.7 Å². The molecule has 1 aliphatic rings. The van der Waals surface area contributed by atoms with E-state index in [4.69, 9.17) is 4.98 Å². The summed E-state index contributed by atoms with van der Waals surface area (Å²) in [5.74, 6) is 0.216. The maximum absolute atomic E-state index is 13.9. The Morgan fingerprint density at radius 2 is 2.03 bits per heavy atom. The number of hydrogen-bond donors (Lipinski definition) is 1. The molecule has 0 atom stereocenters. The van der Waals surface area contributed by atoms with Crippen molar-refractivity contribution in [2.45, 2.75) is 38.3 Å².